The normalized spacial score (nSPS) is 32.9. The second-order valence-corrected chi connectivity index (χ2v) is 6.60. The van der Waals surface area contributed by atoms with Gasteiger partial charge in [-0.1, -0.05) is 0 Å². The van der Waals surface area contributed by atoms with Crippen LogP contribution in [0.25, 0.3) is 0 Å². The van der Waals surface area contributed by atoms with Gasteiger partial charge in [0.15, 0.2) is 0 Å². The zero-order valence-electron chi connectivity index (χ0n) is 11.2. The first kappa shape index (κ1) is 12.6. The average molecular weight is 266 g/mol. The van der Waals surface area contributed by atoms with Crippen LogP contribution in [0.4, 0.5) is 0 Å². The third-order valence-corrected chi connectivity index (χ3v) is 5.06. The third kappa shape index (κ3) is 2.48. The molecule has 0 aromatic carbocycles. The van der Waals surface area contributed by atoms with Gasteiger partial charge in [0.25, 0.3) is 0 Å². The van der Waals surface area contributed by atoms with Crippen LogP contribution in [0.15, 0.2) is 16.8 Å². The molecule has 2 saturated heterocycles. The highest BCUT2D eigenvalue weighted by atomic mass is 32.1. The first-order valence-corrected chi connectivity index (χ1v) is 7.66. The molecule has 3 atom stereocenters. The summed E-state index contributed by atoms with van der Waals surface area (Å²) < 4.78 is 5.77. The zero-order valence-corrected chi connectivity index (χ0v) is 12.0. The molecule has 2 fully saturated rings. The van der Waals surface area contributed by atoms with Crippen molar-refractivity contribution in [1.29, 1.82) is 0 Å². The molecule has 1 aromatic rings. The molecule has 18 heavy (non-hydrogen) atoms. The fourth-order valence-electron chi connectivity index (χ4n) is 3.37. The minimum atomic E-state index is 0.594. The van der Waals surface area contributed by atoms with Gasteiger partial charge in [-0.3, -0.25) is 4.90 Å². The number of nitrogens with zero attached hydrogens (tertiary/aromatic N) is 2. The number of hydrogen-bond donors (Lipinski definition) is 0. The Bertz CT molecular complexity index is 379. The summed E-state index contributed by atoms with van der Waals surface area (Å²) in [6.45, 7) is 5.39. The summed E-state index contributed by atoms with van der Waals surface area (Å²) in [7, 11) is 4.36. The van der Waals surface area contributed by atoms with E-state index in [1.807, 2.05) is 0 Å². The smallest absolute Gasteiger partial charge is 0.0625 e. The predicted molar refractivity (Wildman–Crippen MR) is 74.9 cm³/mol. The van der Waals surface area contributed by atoms with Crippen LogP contribution in [-0.2, 0) is 11.3 Å². The molecule has 0 amide bonds. The molecular weight excluding hydrogens is 244 g/mol. The Hall–Kier alpha value is -0.420. The fourth-order valence-corrected chi connectivity index (χ4v) is 4.03. The molecule has 0 aliphatic carbocycles. The van der Waals surface area contributed by atoms with E-state index in [1.165, 1.54) is 18.7 Å². The molecule has 2 aliphatic heterocycles. The summed E-state index contributed by atoms with van der Waals surface area (Å²) in [6, 6.07) is 2.84. The summed E-state index contributed by atoms with van der Waals surface area (Å²) in [5, 5.41) is 4.44. The van der Waals surface area contributed by atoms with Crippen molar-refractivity contribution in [2.75, 3.05) is 40.4 Å². The minimum Gasteiger partial charge on any atom is -0.379 e. The van der Waals surface area contributed by atoms with E-state index < -0.39 is 0 Å². The van der Waals surface area contributed by atoms with E-state index in [0.29, 0.717) is 6.04 Å². The van der Waals surface area contributed by atoms with Gasteiger partial charge in [0.05, 0.1) is 13.2 Å². The minimum absolute atomic E-state index is 0.594. The van der Waals surface area contributed by atoms with E-state index in [4.69, 9.17) is 4.74 Å². The van der Waals surface area contributed by atoms with Crippen molar-refractivity contribution in [3.05, 3.63) is 22.4 Å². The standard InChI is InChI=1S/C14H22N2OS/c1-15(2)14-9-17-8-12-6-16(7-13(12)14)5-11-3-4-18-10-11/h3-4,10,12-14H,5-9H2,1-2H3/t12-,13-,14+/m0/s1. The van der Waals surface area contributed by atoms with Crippen molar-refractivity contribution in [2.45, 2.75) is 12.6 Å². The fraction of sp³-hybridized carbons (Fsp3) is 0.714. The van der Waals surface area contributed by atoms with Gasteiger partial charge >= 0.3 is 0 Å². The average Bonchev–Trinajstić information content (AvgIpc) is 2.96. The quantitative estimate of drug-likeness (QED) is 0.829. The monoisotopic (exact) mass is 266 g/mol. The summed E-state index contributed by atoms with van der Waals surface area (Å²) in [6.07, 6.45) is 0. The predicted octanol–water partition coefficient (Wildman–Crippen LogP) is 1.76. The second kappa shape index (κ2) is 5.29. The molecule has 0 unspecified atom stereocenters. The molecule has 0 saturated carbocycles. The molecule has 100 valence electrons. The lowest BCUT2D eigenvalue weighted by Crippen LogP contribution is -2.47. The molecule has 3 nitrogen and oxygen atoms in total. The van der Waals surface area contributed by atoms with Crippen molar-refractivity contribution < 1.29 is 4.74 Å². The van der Waals surface area contributed by atoms with Crippen LogP contribution in [0.1, 0.15) is 5.56 Å². The Balaban J connectivity index is 1.65. The van der Waals surface area contributed by atoms with Crippen LogP contribution >= 0.6 is 11.3 Å². The molecule has 0 N–H and O–H groups in total. The molecule has 4 heteroatoms. The number of likely N-dealkylation sites (tertiary alicyclic amines) is 1. The van der Waals surface area contributed by atoms with Crippen LogP contribution in [0, 0.1) is 11.8 Å². The van der Waals surface area contributed by atoms with Gasteiger partial charge in [-0.05, 0) is 42.4 Å². The summed E-state index contributed by atoms with van der Waals surface area (Å²) in [5.41, 5.74) is 1.46. The van der Waals surface area contributed by atoms with E-state index in [9.17, 15) is 0 Å². The molecular formula is C14H22N2OS. The Labute approximate surface area is 113 Å². The highest BCUT2D eigenvalue weighted by molar-refractivity contribution is 7.07. The maximum atomic E-state index is 5.77. The van der Waals surface area contributed by atoms with Gasteiger partial charge in [0.1, 0.15) is 0 Å². The van der Waals surface area contributed by atoms with E-state index >= 15 is 0 Å². The van der Waals surface area contributed by atoms with Crippen molar-refractivity contribution >= 4 is 11.3 Å². The second-order valence-electron chi connectivity index (χ2n) is 5.82. The van der Waals surface area contributed by atoms with E-state index in [1.54, 1.807) is 11.3 Å². The lowest BCUT2D eigenvalue weighted by molar-refractivity contribution is -0.0229. The molecule has 0 bridgehead atoms. The zero-order chi connectivity index (χ0) is 12.5. The number of hydrogen-bond acceptors (Lipinski definition) is 4. The summed E-state index contributed by atoms with van der Waals surface area (Å²) in [5.74, 6) is 1.51. The molecule has 3 rings (SSSR count). The van der Waals surface area contributed by atoms with Crippen molar-refractivity contribution in [3.8, 4) is 0 Å². The number of likely N-dealkylation sites (N-methyl/N-ethyl adjacent to an activating group) is 1. The lowest BCUT2D eigenvalue weighted by Gasteiger charge is -2.37. The first-order valence-electron chi connectivity index (χ1n) is 6.71. The third-order valence-electron chi connectivity index (χ3n) is 4.33. The largest absolute Gasteiger partial charge is 0.379 e. The Kier molecular flexibility index (Phi) is 3.71. The molecule has 1 aromatic heterocycles. The van der Waals surface area contributed by atoms with E-state index in [2.05, 4.69) is 40.7 Å². The molecule has 0 spiro atoms. The van der Waals surface area contributed by atoms with Crippen LogP contribution in [-0.4, -0.2) is 56.2 Å². The SMILES string of the molecule is CN(C)[C@@H]1COC[C@@H]2CN(Cc3ccsc3)C[C@@H]21. The Morgan fingerprint density at radius 3 is 3.00 bits per heavy atom. The van der Waals surface area contributed by atoms with E-state index in [-0.39, 0.29) is 0 Å². The summed E-state index contributed by atoms with van der Waals surface area (Å²) >= 11 is 1.79. The maximum absolute atomic E-state index is 5.77. The highest BCUT2D eigenvalue weighted by Crippen LogP contribution is 2.32. The van der Waals surface area contributed by atoms with Gasteiger partial charge in [0.2, 0.25) is 0 Å². The molecule has 3 heterocycles. The maximum Gasteiger partial charge on any atom is 0.0625 e. The highest BCUT2D eigenvalue weighted by Gasteiger charge is 2.41. The van der Waals surface area contributed by atoms with Crippen LogP contribution in [0.3, 0.4) is 0 Å². The Morgan fingerprint density at radius 1 is 1.39 bits per heavy atom. The van der Waals surface area contributed by atoms with Gasteiger partial charge in [-0.25, -0.2) is 0 Å². The van der Waals surface area contributed by atoms with E-state index in [0.717, 1.165) is 31.6 Å². The topological polar surface area (TPSA) is 15.7 Å². The van der Waals surface area contributed by atoms with Gasteiger partial charge in [-0.2, -0.15) is 11.3 Å². The van der Waals surface area contributed by atoms with Crippen LogP contribution in [0.2, 0.25) is 0 Å². The Morgan fingerprint density at radius 2 is 2.28 bits per heavy atom. The van der Waals surface area contributed by atoms with Gasteiger partial charge < -0.3 is 9.64 Å². The van der Waals surface area contributed by atoms with Gasteiger partial charge in [0, 0.05) is 31.6 Å². The first-order chi connectivity index (χ1) is 8.74. The molecule has 0 radical (unpaired) electrons. The van der Waals surface area contributed by atoms with Crippen molar-refractivity contribution in [2.24, 2.45) is 11.8 Å². The van der Waals surface area contributed by atoms with Crippen molar-refractivity contribution in [1.82, 2.24) is 9.80 Å². The van der Waals surface area contributed by atoms with Crippen LogP contribution in [0.5, 0.6) is 0 Å². The van der Waals surface area contributed by atoms with Crippen molar-refractivity contribution in [3.63, 3.8) is 0 Å². The number of rotatable bonds is 3. The van der Waals surface area contributed by atoms with Crippen LogP contribution < -0.4 is 0 Å². The number of fused-ring (bicyclic) bond motifs is 1. The molecule has 2 aliphatic rings. The number of thiophene rings is 1. The lowest BCUT2D eigenvalue weighted by atomic mass is 9.87. The van der Waals surface area contributed by atoms with Gasteiger partial charge in [-0.15, -0.1) is 0 Å². The summed E-state index contributed by atoms with van der Waals surface area (Å²) in [4.78, 5) is 4.94. The number of ether oxygens (including phenoxy) is 1.